The van der Waals surface area contributed by atoms with E-state index in [9.17, 15) is 4.79 Å². The number of nitrogens with one attached hydrogen (secondary N) is 1. The van der Waals surface area contributed by atoms with Gasteiger partial charge in [0.15, 0.2) is 23.8 Å². The lowest BCUT2D eigenvalue weighted by molar-refractivity contribution is -0.118. The summed E-state index contributed by atoms with van der Waals surface area (Å²) in [6, 6.07) is 12.8. The fourth-order valence-electron chi connectivity index (χ4n) is 2.61. The molecule has 0 radical (unpaired) electrons. The van der Waals surface area contributed by atoms with E-state index < -0.39 is 0 Å². The SMILES string of the molecule is CCOc1ccc(-c2nonc2NC(=O)COc2ccc(C)cc2)cc1OCC. The quantitative estimate of drug-likeness (QED) is 0.586. The smallest absolute Gasteiger partial charge is 0.263 e. The van der Waals surface area contributed by atoms with Gasteiger partial charge in [0, 0.05) is 5.56 Å². The van der Waals surface area contributed by atoms with Gasteiger partial charge in [-0.2, -0.15) is 0 Å². The maximum atomic E-state index is 12.3. The average Bonchev–Trinajstić information content (AvgIpc) is 3.17. The molecule has 3 rings (SSSR count). The van der Waals surface area contributed by atoms with Gasteiger partial charge < -0.3 is 19.5 Å². The zero-order valence-corrected chi connectivity index (χ0v) is 16.6. The number of aromatic nitrogens is 2. The Balaban J connectivity index is 1.70. The molecule has 0 saturated heterocycles. The first-order valence-electron chi connectivity index (χ1n) is 9.32. The van der Waals surface area contributed by atoms with Crippen molar-refractivity contribution in [2.75, 3.05) is 25.1 Å². The molecule has 0 atom stereocenters. The second-order valence-corrected chi connectivity index (χ2v) is 6.14. The van der Waals surface area contributed by atoms with Gasteiger partial charge in [0.05, 0.1) is 13.2 Å². The van der Waals surface area contributed by atoms with Gasteiger partial charge in [0.25, 0.3) is 5.91 Å². The number of benzene rings is 2. The Morgan fingerprint density at radius 2 is 1.69 bits per heavy atom. The molecule has 0 fully saturated rings. The van der Waals surface area contributed by atoms with Gasteiger partial charge in [-0.15, -0.1) is 0 Å². The number of hydrogen-bond donors (Lipinski definition) is 1. The molecule has 0 saturated carbocycles. The molecule has 2 aromatic carbocycles. The molecule has 152 valence electrons. The highest BCUT2D eigenvalue weighted by molar-refractivity contribution is 5.94. The van der Waals surface area contributed by atoms with Crippen LogP contribution in [0.4, 0.5) is 5.82 Å². The van der Waals surface area contributed by atoms with Gasteiger partial charge in [-0.1, -0.05) is 17.7 Å². The number of carbonyl (C=O) groups is 1. The third-order valence-corrected chi connectivity index (χ3v) is 3.95. The number of amides is 1. The Kier molecular flexibility index (Phi) is 6.67. The predicted octanol–water partition coefficient (Wildman–Crippen LogP) is 3.86. The largest absolute Gasteiger partial charge is 0.490 e. The Hall–Kier alpha value is -3.55. The third kappa shape index (κ3) is 5.25. The van der Waals surface area contributed by atoms with Crippen LogP contribution in [0, 0.1) is 6.92 Å². The van der Waals surface area contributed by atoms with Crippen LogP contribution in [0.3, 0.4) is 0 Å². The first kappa shape index (κ1) is 20.2. The number of carbonyl (C=O) groups excluding carboxylic acids is 1. The van der Waals surface area contributed by atoms with Crippen LogP contribution in [0.15, 0.2) is 47.1 Å². The Bertz CT molecular complexity index is 953. The molecular weight excluding hydrogens is 374 g/mol. The van der Waals surface area contributed by atoms with Crippen LogP contribution >= 0.6 is 0 Å². The topological polar surface area (TPSA) is 95.7 Å². The van der Waals surface area contributed by atoms with Crippen molar-refractivity contribution in [3.63, 3.8) is 0 Å². The summed E-state index contributed by atoms with van der Waals surface area (Å²) in [5.41, 5.74) is 2.17. The fourth-order valence-corrected chi connectivity index (χ4v) is 2.61. The van der Waals surface area contributed by atoms with Crippen molar-refractivity contribution in [3.05, 3.63) is 48.0 Å². The van der Waals surface area contributed by atoms with E-state index >= 15 is 0 Å². The van der Waals surface area contributed by atoms with Crippen molar-refractivity contribution in [1.29, 1.82) is 0 Å². The van der Waals surface area contributed by atoms with Crippen LogP contribution in [0.5, 0.6) is 17.2 Å². The lowest BCUT2D eigenvalue weighted by Crippen LogP contribution is -2.20. The lowest BCUT2D eigenvalue weighted by atomic mass is 10.1. The third-order valence-electron chi connectivity index (χ3n) is 3.95. The van der Waals surface area contributed by atoms with E-state index in [-0.39, 0.29) is 18.3 Å². The Morgan fingerprint density at radius 3 is 2.41 bits per heavy atom. The minimum absolute atomic E-state index is 0.164. The average molecular weight is 397 g/mol. The van der Waals surface area contributed by atoms with Gasteiger partial charge >= 0.3 is 0 Å². The van der Waals surface area contributed by atoms with E-state index in [2.05, 4.69) is 15.6 Å². The van der Waals surface area contributed by atoms with Crippen molar-refractivity contribution >= 4 is 11.7 Å². The molecule has 29 heavy (non-hydrogen) atoms. The highest BCUT2D eigenvalue weighted by Crippen LogP contribution is 2.34. The second-order valence-electron chi connectivity index (χ2n) is 6.14. The molecule has 0 bridgehead atoms. The standard InChI is InChI=1S/C21H23N3O5/c1-4-26-17-11-8-15(12-18(17)27-5-2)20-21(24-29-23-20)22-19(25)13-28-16-9-6-14(3)7-10-16/h6-12H,4-5,13H2,1-3H3,(H,22,24,25). The molecule has 0 spiro atoms. The van der Waals surface area contributed by atoms with E-state index in [0.29, 0.717) is 41.7 Å². The van der Waals surface area contributed by atoms with Crippen molar-refractivity contribution in [3.8, 4) is 28.5 Å². The minimum Gasteiger partial charge on any atom is -0.490 e. The van der Waals surface area contributed by atoms with Gasteiger partial charge in [-0.05, 0) is 61.4 Å². The molecule has 0 unspecified atom stereocenters. The zero-order chi connectivity index (χ0) is 20.6. The van der Waals surface area contributed by atoms with E-state index in [1.807, 2.05) is 32.9 Å². The highest BCUT2D eigenvalue weighted by Gasteiger charge is 2.17. The van der Waals surface area contributed by atoms with Crippen molar-refractivity contribution in [1.82, 2.24) is 10.3 Å². The van der Waals surface area contributed by atoms with Gasteiger partial charge in [-0.25, -0.2) is 4.63 Å². The summed E-state index contributed by atoms with van der Waals surface area (Å²) in [6.07, 6.45) is 0. The number of ether oxygens (including phenoxy) is 3. The van der Waals surface area contributed by atoms with Crippen molar-refractivity contribution in [2.45, 2.75) is 20.8 Å². The maximum absolute atomic E-state index is 12.3. The van der Waals surface area contributed by atoms with Gasteiger partial charge in [-0.3, -0.25) is 4.79 Å². The molecule has 0 aliphatic carbocycles. The van der Waals surface area contributed by atoms with Gasteiger partial charge in [0.1, 0.15) is 5.75 Å². The second kappa shape index (κ2) is 9.59. The number of anilines is 1. The fraction of sp³-hybridized carbons (Fsp3) is 0.286. The molecule has 8 nitrogen and oxygen atoms in total. The van der Waals surface area contributed by atoms with Crippen LogP contribution in [-0.4, -0.2) is 36.0 Å². The van der Waals surface area contributed by atoms with Gasteiger partial charge in [0.2, 0.25) is 5.82 Å². The summed E-state index contributed by atoms with van der Waals surface area (Å²) in [4.78, 5) is 12.3. The normalized spacial score (nSPS) is 10.4. The molecular formula is C21H23N3O5. The summed E-state index contributed by atoms with van der Waals surface area (Å²) in [5, 5.41) is 10.4. The zero-order valence-electron chi connectivity index (χ0n) is 16.6. The molecule has 1 heterocycles. The van der Waals surface area contributed by atoms with Crippen molar-refractivity contribution < 1.29 is 23.6 Å². The summed E-state index contributed by atoms with van der Waals surface area (Å²) in [6.45, 7) is 6.61. The predicted molar refractivity (Wildman–Crippen MR) is 107 cm³/mol. The van der Waals surface area contributed by atoms with Crippen LogP contribution in [0.1, 0.15) is 19.4 Å². The van der Waals surface area contributed by atoms with Crippen LogP contribution in [0.25, 0.3) is 11.3 Å². The monoisotopic (exact) mass is 397 g/mol. The minimum atomic E-state index is -0.376. The van der Waals surface area contributed by atoms with Crippen molar-refractivity contribution in [2.24, 2.45) is 0 Å². The summed E-state index contributed by atoms with van der Waals surface area (Å²) >= 11 is 0. The number of aryl methyl sites for hydroxylation is 1. The van der Waals surface area contributed by atoms with E-state index in [4.69, 9.17) is 18.8 Å². The summed E-state index contributed by atoms with van der Waals surface area (Å²) < 4.78 is 21.5. The maximum Gasteiger partial charge on any atom is 0.263 e. The highest BCUT2D eigenvalue weighted by atomic mass is 16.6. The first-order valence-corrected chi connectivity index (χ1v) is 9.32. The molecule has 0 aliphatic heterocycles. The van der Waals surface area contributed by atoms with E-state index in [0.717, 1.165) is 5.56 Å². The Labute approximate surface area is 168 Å². The number of hydrogen-bond acceptors (Lipinski definition) is 7. The van der Waals surface area contributed by atoms with Crippen LogP contribution in [0.2, 0.25) is 0 Å². The molecule has 3 aromatic rings. The van der Waals surface area contributed by atoms with E-state index in [1.54, 1.807) is 30.3 Å². The first-order chi connectivity index (χ1) is 14.1. The van der Waals surface area contributed by atoms with E-state index in [1.165, 1.54) is 0 Å². The van der Waals surface area contributed by atoms with Crippen LogP contribution in [-0.2, 0) is 4.79 Å². The number of rotatable bonds is 9. The van der Waals surface area contributed by atoms with Crippen LogP contribution < -0.4 is 19.5 Å². The molecule has 8 heteroatoms. The Morgan fingerprint density at radius 1 is 0.966 bits per heavy atom. The molecule has 0 aliphatic rings. The molecule has 1 amide bonds. The molecule has 1 N–H and O–H groups in total. The number of nitrogens with zero attached hydrogens (tertiary/aromatic N) is 2. The summed E-state index contributed by atoms with van der Waals surface area (Å²) in [7, 11) is 0. The summed E-state index contributed by atoms with van der Waals surface area (Å²) in [5.74, 6) is 1.64. The lowest BCUT2D eigenvalue weighted by Gasteiger charge is -2.12. The molecule has 1 aromatic heterocycles.